The Morgan fingerprint density at radius 1 is 0.929 bits per heavy atom. The van der Waals surface area contributed by atoms with Gasteiger partial charge in [0.1, 0.15) is 0 Å². The molecule has 4 aliphatic rings. The SMILES string of the molecule is COC(=O)c1ccc(C(=O)OCC(=O)NCC23CC4CC(CC(C4)C2)C3)cc1. The molecule has 0 saturated heterocycles. The Kier molecular flexibility index (Phi) is 5.13. The van der Waals surface area contributed by atoms with Gasteiger partial charge in [-0.25, -0.2) is 9.59 Å². The monoisotopic (exact) mass is 385 g/mol. The molecule has 4 aliphatic carbocycles. The Morgan fingerprint density at radius 2 is 1.43 bits per heavy atom. The van der Waals surface area contributed by atoms with Gasteiger partial charge in [-0.05, 0) is 86.0 Å². The van der Waals surface area contributed by atoms with Crippen LogP contribution in [0.2, 0.25) is 0 Å². The van der Waals surface area contributed by atoms with Gasteiger partial charge in [0, 0.05) is 6.54 Å². The summed E-state index contributed by atoms with van der Waals surface area (Å²) in [7, 11) is 1.30. The van der Waals surface area contributed by atoms with Gasteiger partial charge in [-0.1, -0.05) is 0 Å². The molecule has 28 heavy (non-hydrogen) atoms. The first-order valence-electron chi connectivity index (χ1n) is 10.1. The fraction of sp³-hybridized carbons (Fsp3) is 0.591. The fourth-order valence-electron chi connectivity index (χ4n) is 5.92. The normalized spacial score (nSPS) is 30.0. The largest absolute Gasteiger partial charge is 0.465 e. The molecule has 6 heteroatoms. The molecule has 150 valence electrons. The number of hydrogen-bond acceptors (Lipinski definition) is 5. The van der Waals surface area contributed by atoms with Crippen molar-refractivity contribution in [2.75, 3.05) is 20.3 Å². The van der Waals surface area contributed by atoms with Gasteiger partial charge < -0.3 is 14.8 Å². The number of hydrogen-bond donors (Lipinski definition) is 1. The Balaban J connectivity index is 1.24. The highest BCUT2D eigenvalue weighted by Gasteiger charge is 2.50. The molecular formula is C22H27NO5. The summed E-state index contributed by atoms with van der Waals surface area (Å²) in [5, 5.41) is 3.00. The third-order valence-corrected chi connectivity index (χ3v) is 6.70. The molecule has 1 aromatic carbocycles. The van der Waals surface area contributed by atoms with E-state index < -0.39 is 11.9 Å². The minimum atomic E-state index is -0.582. The van der Waals surface area contributed by atoms with E-state index in [4.69, 9.17) is 4.74 Å². The molecule has 4 bridgehead atoms. The van der Waals surface area contributed by atoms with Crippen molar-refractivity contribution in [1.29, 1.82) is 0 Å². The van der Waals surface area contributed by atoms with Crippen molar-refractivity contribution in [1.82, 2.24) is 5.32 Å². The summed E-state index contributed by atoms with van der Waals surface area (Å²) in [5.74, 6) is 1.22. The molecule has 1 aromatic rings. The quantitative estimate of drug-likeness (QED) is 0.762. The first-order chi connectivity index (χ1) is 13.5. The number of esters is 2. The van der Waals surface area contributed by atoms with E-state index in [1.807, 2.05) is 0 Å². The van der Waals surface area contributed by atoms with Crippen molar-refractivity contribution in [3.8, 4) is 0 Å². The number of methoxy groups -OCH3 is 1. The number of amides is 1. The molecule has 0 spiro atoms. The number of carbonyl (C=O) groups is 3. The molecule has 0 unspecified atom stereocenters. The standard InChI is InChI=1S/C22H27NO5/c1-27-20(25)17-2-4-18(5-3-17)21(26)28-12-19(24)23-13-22-9-14-6-15(10-22)8-16(7-14)11-22/h2-5,14-16H,6-13H2,1H3,(H,23,24). The van der Waals surface area contributed by atoms with Crippen LogP contribution in [0.25, 0.3) is 0 Å². The van der Waals surface area contributed by atoms with Gasteiger partial charge in [0.2, 0.25) is 0 Å². The van der Waals surface area contributed by atoms with Crippen molar-refractivity contribution >= 4 is 17.8 Å². The summed E-state index contributed by atoms with van der Waals surface area (Å²) in [6, 6.07) is 5.97. The van der Waals surface area contributed by atoms with Crippen LogP contribution in [0.3, 0.4) is 0 Å². The van der Waals surface area contributed by atoms with Crippen LogP contribution in [-0.2, 0) is 14.3 Å². The van der Waals surface area contributed by atoms with Crippen molar-refractivity contribution in [3.63, 3.8) is 0 Å². The lowest BCUT2D eigenvalue weighted by molar-refractivity contribution is -0.126. The van der Waals surface area contributed by atoms with E-state index in [-0.39, 0.29) is 17.9 Å². The lowest BCUT2D eigenvalue weighted by Gasteiger charge is -2.56. The topological polar surface area (TPSA) is 81.7 Å². The molecule has 4 saturated carbocycles. The van der Waals surface area contributed by atoms with Crippen molar-refractivity contribution in [3.05, 3.63) is 35.4 Å². The molecule has 1 amide bonds. The summed E-state index contributed by atoms with van der Waals surface area (Å²) in [4.78, 5) is 35.7. The van der Waals surface area contributed by atoms with E-state index in [1.165, 1.54) is 69.9 Å². The van der Waals surface area contributed by atoms with E-state index in [0.29, 0.717) is 17.7 Å². The van der Waals surface area contributed by atoms with Gasteiger partial charge in [0.05, 0.1) is 18.2 Å². The molecule has 0 heterocycles. The molecular weight excluding hydrogens is 358 g/mol. The highest BCUT2D eigenvalue weighted by Crippen LogP contribution is 2.59. The first-order valence-corrected chi connectivity index (χ1v) is 10.1. The molecule has 1 N–H and O–H groups in total. The van der Waals surface area contributed by atoms with Gasteiger partial charge in [-0.3, -0.25) is 4.79 Å². The molecule has 0 aromatic heterocycles. The zero-order valence-corrected chi connectivity index (χ0v) is 16.2. The summed E-state index contributed by atoms with van der Waals surface area (Å²) in [6.07, 6.45) is 7.81. The Labute approximate surface area is 165 Å². The van der Waals surface area contributed by atoms with Gasteiger partial charge in [0.25, 0.3) is 5.91 Å². The third-order valence-electron chi connectivity index (χ3n) is 6.70. The number of rotatable bonds is 6. The van der Waals surface area contributed by atoms with Crippen LogP contribution in [0.5, 0.6) is 0 Å². The highest BCUT2D eigenvalue weighted by molar-refractivity contribution is 5.94. The zero-order chi connectivity index (χ0) is 19.7. The third kappa shape index (κ3) is 3.91. The average Bonchev–Trinajstić information content (AvgIpc) is 2.69. The average molecular weight is 385 g/mol. The fourth-order valence-corrected chi connectivity index (χ4v) is 5.92. The van der Waals surface area contributed by atoms with Gasteiger partial charge in [0.15, 0.2) is 6.61 Å². The highest BCUT2D eigenvalue weighted by atomic mass is 16.5. The molecule has 0 radical (unpaired) electrons. The summed E-state index contributed by atoms with van der Waals surface area (Å²) < 4.78 is 9.74. The summed E-state index contributed by atoms with van der Waals surface area (Å²) in [5.41, 5.74) is 0.909. The van der Waals surface area contributed by atoms with E-state index in [2.05, 4.69) is 10.1 Å². The lowest BCUT2D eigenvalue weighted by Crippen LogP contribution is -2.51. The number of carbonyl (C=O) groups excluding carboxylic acids is 3. The molecule has 6 nitrogen and oxygen atoms in total. The van der Waals surface area contributed by atoms with Crippen molar-refractivity contribution < 1.29 is 23.9 Å². The van der Waals surface area contributed by atoms with Crippen molar-refractivity contribution in [2.24, 2.45) is 23.2 Å². The number of nitrogens with one attached hydrogen (secondary N) is 1. The molecule has 5 rings (SSSR count). The Morgan fingerprint density at radius 3 is 1.93 bits per heavy atom. The molecule has 0 aliphatic heterocycles. The Hall–Kier alpha value is -2.37. The van der Waals surface area contributed by atoms with E-state index in [0.717, 1.165) is 17.8 Å². The maximum atomic E-state index is 12.2. The van der Waals surface area contributed by atoms with Crippen LogP contribution in [0, 0.1) is 23.2 Å². The predicted octanol–water partition coefficient (Wildman–Crippen LogP) is 2.96. The Bertz CT molecular complexity index is 734. The van der Waals surface area contributed by atoms with Crippen LogP contribution in [0.1, 0.15) is 59.2 Å². The lowest BCUT2D eigenvalue weighted by atomic mass is 9.49. The number of ether oxygens (including phenoxy) is 2. The van der Waals surface area contributed by atoms with Crippen molar-refractivity contribution in [2.45, 2.75) is 38.5 Å². The van der Waals surface area contributed by atoms with E-state index in [9.17, 15) is 14.4 Å². The van der Waals surface area contributed by atoms with Gasteiger partial charge in [-0.2, -0.15) is 0 Å². The maximum Gasteiger partial charge on any atom is 0.338 e. The maximum absolute atomic E-state index is 12.2. The second-order valence-electron chi connectivity index (χ2n) is 8.84. The summed E-state index contributed by atoms with van der Waals surface area (Å²) in [6.45, 7) is 0.407. The molecule has 4 fully saturated rings. The second kappa shape index (κ2) is 7.57. The minimum absolute atomic E-state index is 0.254. The molecule has 0 atom stereocenters. The van der Waals surface area contributed by atoms with Crippen LogP contribution in [0.4, 0.5) is 0 Å². The zero-order valence-electron chi connectivity index (χ0n) is 16.2. The predicted molar refractivity (Wildman–Crippen MR) is 102 cm³/mol. The summed E-state index contributed by atoms with van der Waals surface area (Å²) >= 11 is 0. The van der Waals surface area contributed by atoms with E-state index in [1.54, 1.807) is 0 Å². The minimum Gasteiger partial charge on any atom is -0.465 e. The second-order valence-corrected chi connectivity index (χ2v) is 8.84. The van der Waals surface area contributed by atoms with Crippen LogP contribution < -0.4 is 5.32 Å². The van der Waals surface area contributed by atoms with Gasteiger partial charge >= 0.3 is 11.9 Å². The van der Waals surface area contributed by atoms with Crippen LogP contribution in [0.15, 0.2) is 24.3 Å². The smallest absolute Gasteiger partial charge is 0.338 e. The van der Waals surface area contributed by atoms with Gasteiger partial charge in [-0.15, -0.1) is 0 Å². The van der Waals surface area contributed by atoms with Crippen LogP contribution >= 0.6 is 0 Å². The first kappa shape index (κ1) is 19.0. The van der Waals surface area contributed by atoms with E-state index >= 15 is 0 Å². The number of benzene rings is 1. The van der Waals surface area contributed by atoms with Crippen LogP contribution in [-0.4, -0.2) is 38.1 Å².